The lowest BCUT2D eigenvalue weighted by Crippen LogP contribution is -2.18. The van der Waals surface area contributed by atoms with Gasteiger partial charge in [0.2, 0.25) is 0 Å². The standard InChI is InChI=1S/C14H15BrFNO/c1-3-10-5-7-13(18-10)14(17-2)11-8-9(15)4-6-12(11)16/h4-8,14,17H,3H2,1-2H3. The van der Waals surface area contributed by atoms with E-state index in [2.05, 4.69) is 21.2 Å². The SMILES string of the molecule is CCc1ccc(C(NC)c2cc(Br)ccc2F)o1. The molecule has 0 amide bonds. The highest BCUT2D eigenvalue weighted by Crippen LogP contribution is 2.28. The molecule has 1 N–H and O–H groups in total. The zero-order valence-electron chi connectivity index (χ0n) is 10.3. The van der Waals surface area contributed by atoms with Crippen LogP contribution in [0.2, 0.25) is 0 Å². The number of aryl methyl sites for hydroxylation is 1. The Kier molecular flexibility index (Phi) is 4.19. The first-order valence-electron chi connectivity index (χ1n) is 5.86. The minimum absolute atomic E-state index is 0.244. The van der Waals surface area contributed by atoms with Crippen LogP contribution in [0.5, 0.6) is 0 Å². The first kappa shape index (κ1) is 13.3. The molecule has 0 spiro atoms. The Morgan fingerprint density at radius 3 is 2.72 bits per heavy atom. The lowest BCUT2D eigenvalue weighted by molar-refractivity contribution is 0.427. The highest BCUT2D eigenvalue weighted by Gasteiger charge is 2.19. The van der Waals surface area contributed by atoms with Crippen LogP contribution >= 0.6 is 15.9 Å². The van der Waals surface area contributed by atoms with E-state index < -0.39 is 0 Å². The normalized spacial score (nSPS) is 12.7. The second-order valence-corrected chi connectivity index (χ2v) is 4.96. The summed E-state index contributed by atoms with van der Waals surface area (Å²) in [7, 11) is 1.79. The molecule has 2 rings (SSSR count). The Labute approximate surface area is 114 Å². The fraction of sp³-hybridized carbons (Fsp3) is 0.286. The molecule has 1 aromatic heterocycles. The van der Waals surface area contributed by atoms with Crippen LogP contribution in [0.4, 0.5) is 4.39 Å². The molecule has 4 heteroatoms. The van der Waals surface area contributed by atoms with Crippen molar-refractivity contribution >= 4 is 15.9 Å². The van der Waals surface area contributed by atoms with Gasteiger partial charge in [0.15, 0.2) is 0 Å². The van der Waals surface area contributed by atoms with Gasteiger partial charge in [0, 0.05) is 16.5 Å². The summed E-state index contributed by atoms with van der Waals surface area (Å²) in [6.45, 7) is 2.02. The molecule has 0 aliphatic rings. The molecule has 18 heavy (non-hydrogen) atoms. The number of halogens is 2. The Morgan fingerprint density at radius 1 is 1.33 bits per heavy atom. The summed E-state index contributed by atoms with van der Waals surface area (Å²) in [4.78, 5) is 0. The second-order valence-electron chi connectivity index (χ2n) is 4.05. The predicted molar refractivity (Wildman–Crippen MR) is 73.1 cm³/mol. The molecule has 2 aromatic rings. The van der Waals surface area contributed by atoms with Gasteiger partial charge in [-0.25, -0.2) is 4.39 Å². The van der Waals surface area contributed by atoms with Crippen molar-refractivity contribution in [2.75, 3.05) is 7.05 Å². The van der Waals surface area contributed by atoms with E-state index in [1.165, 1.54) is 6.07 Å². The summed E-state index contributed by atoms with van der Waals surface area (Å²) in [6, 6.07) is 8.45. The van der Waals surface area contributed by atoms with E-state index >= 15 is 0 Å². The summed E-state index contributed by atoms with van der Waals surface area (Å²) in [5.41, 5.74) is 0.573. The molecule has 0 radical (unpaired) electrons. The molecule has 2 nitrogen and oxygen atoms in total. The third-order valence-electron chi connectivity index (χ3n) is 2.87. The monoisotopic (exact) mass is 311 g/mol. The van der Waals surface area contributed by atoms with Crippen LogP contribution < -0.4 is 5.32 Å². The summed E-state index contributed by atoms with van der Waals surface area (Å²) in [5, 5.41) is 3.09. The minimum Gasteiger partial charge on any atom is -0.464 e. The van der Waals surface area contributed by atoms with Crippen molar-refractivity contribution in [1.29, 1.82) is 0 Å². The van der Waals surface area contributed by atoms with Crippen molar-refractivity contribution in [1.82, 2.24) is 5.32 Å². The van der Waals surface area contributed by atoms with Gasteiger partial charge < -0.3 is 9.73 Å². The van der Waals surface area contributed by atoms with Crippen molar-refractivity contribution in [3.8, 4) is 0 Å². The largest absolute Gasteiger partial charge is 0.464 e. The third-order valence-corrected chi connectivity index (χ3v) is 3.37. The van der Waals surface area contributed by atoms with Gasteiger partial charge in [-0.3, -0.25) is 0 Å². The molecule has 96 valence electrons. The maximum atomic E-state index is 13.9. The number of furan rings is 1. The Morgan fingerprint density at radius 2 is 2.11 bits per heavy atom. The molecular weight excluding hydrogens is 297 g/mol. The molecule has 0 fully saturated rings. The molecule has 0 saturated heterocycles. The van der Waals surface area contributed by atoms with Crippen LogP contribution in [-0.4, -0.2) is 7.05 Å². The molecule has 1 atom stereocenters. The van der Waals surface area contributed by atoms with E-state index in [-0.39, 0.29) is 11.9 Å². The summed E-state index contributed by atoms with van der Waals surface area (Å²) >= 11 is 3.36. The van der Waals surface area contributed by atoms with Gasteiger partial charge in [0.25, 0.3) is 0 Å². The predicted octanol–water partition coefficient (Wildman–Crippen LogP) is 4.05. The van der Waals surface area contributed by atoms with Gasteiger partial charge in [-0.2, -0.15) is 0 Å². The molecule has 0 aliphatic heterocycles. The Hall–Kier alpha value is -1.13. The van der Waals surface area contributed by atoms with Crippen LogP contribution in [-0.2, 0) is 6.42 Å². The molecule has 1 unspecified atom stereocenters. The zero-order chi connectivity index (χ0) is 13.1. The van der Waals surface area contributed by atoms with Crippen LogP contribution in [0.15, 0.2) is 39.2 Å². The van der Waals surface area contributed by atoms with E-state index in [0.717, 1.165) is 22.4 Å². The number of rotatable bonds is 4. The topological polar surface area (TPSA) is 25.2 Å². The number of nitrogens with one attached hydrogen (secondary N) is 1. The highest BCUT2D eigenvalue weighted by atomic mass is 79.9. The van der Waals surface area contributed by atoms with E-state index in [1.54, 1.807) is 19.2 Å². The van der Waals surface area contributed by atoms with Gasteiger partial charge in [-0.15, -0.1) is 0 Å². The quantitative estimate of drug-likeness (QED) is 0.921. The number of benzene rings is 1. The number of hydrogen-bond donors (Lipinski definition) is 1. The summed E-state index contributed by atoms with van der Waals surface area (Å²) in [5.74, 6) is 1.39. The number of hydrogen-bond acceptors (Lipinski definition) is 2. The molecule has 0 saturated carbocycles. The van der Waals surface area contributed by atoms with Gasteiger partial charge in [-0.1, -0.05) is 22.9 Å². The fourth-order valence-corrected chi connectivity index (χ4v) is 2.31. The average Bonchev–Trinajstić information content (AvgIpc) is 2.83. The van der Waals surface area contributed by atoms with Crippen LogP contribution in [0, 0.1) is 5.82 Å². The first-order chi connectivity index (χ1) is 8.65. The van der Waals surface area contributed by atoms with E-state index in [4.69, 9.17) is 4.42 Å². The summed E-state index contributed by atoms with van der Waals surface area (Å²) in [6.07, 6.45) is 0.831. The first-order valence-corrected chi connectivity index (χ1v) is 6.65. The van der Waals surface area contributed by atoms with Crippen molar-refractivity contribution in [3.63, 3.8) is 0 Å². The van der Waals surface area contributed by atoms with Crippen molar-refractivity contribution in [2.24, 2.45) is 0 Å². The van der Waals surface area contributed by atoms with Crippen LogP contribution in [0.3, 0.4) is 0 Å². The van der Waals surface area contributed by atoms with Crippen LogP contribution in [0.25, 0.3) is 0 Å². The highest BCUT2D eigenvalue weighted by molar-refractivity contribution is 9.10. The van der Waals surface area contributed by atoms with Gasteiger partial charge >= 0.3 is 0 Å². The lowest BCUT2D eigenvalue weighted by atomic mass is 10.0. The Balaban J connectivity index is 2.41. The van der Waals surface area contributed by atoms with Crippen molar-refractivity contribution in [2.45, 2.75) is 19.4 Å². The molecular formula is C14H15BrFNO. The average molecular weight is 312 g/mol. The fourth-order valence-electron chi connectivity index (χ4n) is 1.93. The van der Waals surface area contributed by atoms with Gasteiger partial charge in [0.1, 0.15) is 17.3 Å². The van der Waals surface area contributed by atoms with Crippen molar-refractivity contribution < 1.29 is 8.81 Å². The van der Waals surface area contributed by atoms with E-state index in [1.807, 2.05) is 19.1 Å². The minimum atomic E-state index is -0.275. The molecule has 1 heterocycles. The Bertz CT molecular complexity index is 538. The zero-order valence-corrected chi connectivity index (χ0v) is 11.9. The lowest BCUT2D eigenvalue weighted by Gasteiger charge is -2.15. The second kappa shape index (κ2) is 5.67. The maximum absolute atomic E-state index is 13.9. The van der Waals surface area contributed by atoms with Crippen LogP contribution in [0.1, 0.15) is 30.0 Å². The smallest absolute Gasteiger partial charge is 0.128 e. The molecule has 1 aromatic carbocycles. The molecule has 0 bridgehead atoms. The van der Waals surface area contributed by atoms with E-state index in [0.29, 0.717) is 5.56 Å². The van der Waals surface area contributed by atoms with Gasteiger partial charge in [-0.05, 0) is 37.4 Å². The van der Waals surface area contributed by atoms with E-state index in [9.17, 15) is 4.39 Å². The maximum Gasteiger partial charge on any atom is 0.128 e. The van der Waals surface area contributed by atoms with Gasteiger partial charge in [0.05, 0.1) is 6.04 Å². The summed E-state index contributed by atoms with van der Waals surface area (Å²) < 4.78 is 20.4. The third kappa shape index (κ3) is 2.65. The molecule has 0 aliphatic carbocycles. The van der Waals surface area contributed by atoms with Crippen molar-refractivity contribution in [3.05, 3.63) is 57.7 Å².